The molecular formula is C24H33N5O8S. The molecule has 4 unspecified atom stereocenters. The second kappa shape index (κ2) is 15.0. The number of fused-ring (bicyclic) bond motifs is 1. The van der Waals surface area contributed by atoms with E-state index in [1.807, 2.05) is 30.5 Å². The van der Waals surface area contributed by atoms with Crippen LogP contribution in [0.15, 0.2) is 30.5 Å². The minimum Gasteiger partial charge on any atom is -0.481 e. The molecule has 0 spiro atoms. The number of nitrogens with one attached hydrogen (secondary N) is 4. The van der Waals surface area contributed by atoms with Crippen LogP contribution in [0.3, 0.4) is 0 Å². The number of carboxylic acid groups (broad SMARTS) is 2. The standard InChI is InChI=1S/C24H33N5O8S/c1-38-9-8-15(25)21(33)28-18(10-13-11-26-16-5-3-2-4-14(13)16)23(35)27-17(6-7-20(31)32)22(34)29-19(12-30)24(36)37/h2-5,11,15,17-19,26,30H,6-10,12,25H2,1H3,(H,27,35)(H,28,33)(H,29,34)(H,31,32)(H,36,37). The van der Waals surface area contributed by atoms with Gasteiger partial charge in [-0.1, -0.05) is 18.2 Å². The first kappa shape index (κ1) is 30.6. The van der Waals surface area contributed by atoms with Crippen LogP contribution in [-0.2, 0) is 30.4 Å². The quantitative estimate of drug-likeness (QED) is 0.129. The maximum absolute atomic E-state index is 13.4. The van der Waals surface area contributed by atoms with Crippen LogP contribution in [0.1, 0.15) is 24.8 Å². The Morgan fingerprint density at radius 3 is 2.21 bits per heavy atom. The molecule has 0 saturated carbocycles. The van der Waals surface area contributed by atoms with E-state index in [4.69, 9.17) is 15.9 Å². The highest BCUT2D eigenvalue weighted by atomic mass is 32.2. The van der Waals surface area contributed by atoms with Crippen molar-refractivity contribution in [3.63, 3.8) is 0 Å². The number of para-hydroxylation sites is 1. The van der Waals surface area contributed by atoms with Gasteiger partial charge in [-0.3, -0.25) is 19.2 Å². The van der Waals surface area contributed by atoms with Gasteiger partial charge in [-0.05, 0) is 36.5 Å². The van der Waals surface area contributed by atoms with E-state index in [2.05, 4.69) is 20.9 Å². The van der Waals surface area contributed by atoms with E-state index in [1.165, 1.54) is 11.8 Å². The molecule has 0 aliphatic carbocycles. The van der Waals surface area contributed by atoms with Gasteiger partial charge in [0.25, 0.3) is 0 Å². The summed E-state index contributed by atoms with van der Waals surface area (Å²) in [5.41, 5.74) is 7.49. The van der Waals surface area contributed by atoms with Crippen molar-refractivity contribution in [2.75, 3.05) is 18.6 Å². The highest BCUT2D eigenvalue weighted by Gasteiger charge is 2.31. The number of aromatic nitrogens is 1. The molecule has 0 bridgehead atoms. The summed E-state index contributed by atoms with van der Waals surface area (Å²) in [7, 11) is 0. The third-order valence-corrected chi connectivity index (χ3v) is 6.42. The summed E-state index contributed by atoms with van der Waals surface area (Å²) in [6.45, 7) is -0.909. The molecule has 0 radical (unpaired) electrons. The first-order valence-corrected chi connectivity index (χ1v) is 13.2. The zero-order chi connectivity index (χ0) is 28.2. The molecule has 38 heavy (non-hydrogen) atoms. The zero-order valence-corrected chi connectivity index (χ0v) is 21.6. The Morgan fingerprint density at radius 2 is 1.58 bits per heavy atom. The fraction of sp³-hybridized carbons (Fsp3) is 0.458. The number of carboxylic acids is 2. The molecule has 13 nitrogen and oxygen atoms in total. The van der Waals surface area contributed by atoms with E-state index in [9.17, 15) is 29.1 Å². The van der Waals surface area contributed by atoms with Crippen molar-refractivity contribution in [3.05, 3.63) is 36.0 Å². The van der Waals surface area contributed by atoms with Crippen LogP contribution in [0.25, 0.3) is 10.9 Å². The van der Waals surface area contributed by atoms with Crippen LogP contribution in [-0.4, -0.2) is 92.7 Å². The Kier molecular flexibility index (Phi) is 12.0. The Morgan fingerprint density at radius 1 is 0.947 bits per heavy atom. The number of nitrogens with two attached hydrogens (primary N) is 1. The van der Waals surface area contributed by atoms with Crippen molar-refractivity contribution in [2.45, 2.75) is 49.9 Å². The highest BCUT2D eigenvalue weighted by Crippen LogP contribution is 2.19. The molecule has 1 aromatic heterocycles. The number of aliphatic hydroxyl groups excluding tert-OH is 1. The highest BCUT2D eigenvalue weighted by molar-refractivity contribution is 7.98. The van der Waals surface area contributed by atoms with Gasteiger partial charge >= 0.3 is 11.9 Å². The number of carbonyl (C=O) groups is 5. The number of amides is 3. The second-order valence-electron chi connectivity index (χ2n) is 8.59. The van der Waals surface area contributed by atoms with Gasteiger partial charge in [0.1, 0.15) is 18.1 Å². The van der Waals surface area contributed by atoms with Crippen molar-refractivity contribution in [1.82, 2.24) is 20.9 Å². The molecule has 4 atom stereocenters. The molecule has 1 heterocycles. The largest absolute Gasteiger partial charge is 0.481 e. The number of aliphatic carboxylic acids is 2. The first-order valence-electron chi connectivity index (χ1n) is 11.8. The Bertz CT molecular complexity index is 1140. The van der Waals surface area contributed by atoms with E-state index >= 15 is 0 Å². The monoisotopic (exact) mass is 551 g/mol. The molecule has 2 rings (SSSR count). The van der Waals surface area contributed by atoms with Crippen LogP contribution in [0, 0.1) is 0 Å². The van der Waals surface area contributed by atoms with Crippen LogP contribution >= 0.6 is 11.8 Å². The first-order chi connectivity index (χ1) is 18.1. The minimum absolute atomic E-state index is 0.0263. The fourth-order valence-electron chi connectivity index (χ4n) is 3.65. The number of hydrogen-bond donors (Lipinski definition) is 8. The lowest BCUT2D eigenvalue weighted by Crippen LogP contribution is -2.58. The van der Waals surface area contributed by atoms with E-state index in [-0.39, 0.29) is 12.8 Å². The third kappa shape index (κ3) is 9.04. The number of aromatic amines is 1. The molecule has 14 heteroatoms. The number of hydrogen-bond acceptors (Lipinski definition) is 8. The van der Waals surface area contributed by atoms with E-state index in [1.54, 1.807) is 6.20 Å². The molecule has 0 aliphatic heterocycles. The van der Waals surface area contributed by atoms with E-state index in [0.29, 0.717) is 17.7 Å². The Labute approximate surface area is 222 Å². The summed E-state index contributed by atoms with van der Waals surface area (Å²) >= 11 is 1.51. The van der Waals surface area contributed by atoms with Crippen molar-refractivity contribution in [1.29, 1.82) is 0 Å². The van der Waals surface area contributed by atoms with Crippen LogP contribution in [0.5, 0.6) is 0 Å². The van der Waals surface area contributed by atoms with Crippen molar-refractivity contribution in [2.24, 2.45) is 5.73 Å². The van der Waals surface area contributed by atoms with Gasteiger partial charge in [-0.25, -0.2) is 4.79 Å². The lowest BCUT2D eigenvalue weighted by atomic mass is 10.0. The SMILES string of the molecule is CSCCC(N)C(=O)NC(Cc1c[nH]c2ccccc12)C(=O)NC(CCC(=O)O)C(=O)NC(CO)C(=O)O. The number of H-pyrrole nitrogens is 1. The van der Waals surface area contributed by atoms with E-state index < -0.39 is 66.9 Å². The van der Waals surface area contributed by atoms with Crippen molar-refractivity contribution >= 4 is 52.3 Å². The lowest BCUT2D eigenvalue weighted by Gasteiger charge is -2.25. The molecule has 2 aromatic rings. The Hall–Kier alpha value is -3.62. The summed E-state index contributed by atoms with van der Waals surface area (Å²) in [6, 6.07) is 2.17. The smallest absolute Gasteiger partial charge is 0.328 e. The minimum atomic E-state index is -1.65. The van der Waals surface area contributed by atoms with E-state index in [0.717, 1.165) is 10.9 Å². The van der Waals surface area contributed by atoms with Gasteiger partial charge in [-0.2, -0.15) is 11.8 Å². The molecule has 0 saturated heterocycles. The molecule has 3 amide bonds. The number of carbonyl (C=O) groups excluding carboxylic acids is 3. The second-order valence-corrected chi connectivity index (χ2v) is 9.57. The summed E-state index contributed by atoms with van der Waals surface area (Å²) in [5, 5.41) is 35.4. The third-order valence-electron chi connectivity index (χ3n) is 5.78. The van der Waals surface area contributed by atoms with Gasteiger partial charge in [0.05, 0.1) is 12.6 Å². The molecule has 0 fully saturated rings. The van der Waals surface area contributed by atoms with Gasteiger partial charge in [0.15, 0.2) is 0 Å². The molecule has 1 aromatic carbocycles. The van der Waals surface area contributed by atoms with Gasteiger partial charge < -0.3 is 42.0 Å². The molecule has 9 N–H and O–H groups in total. The topological polar surface area (TPSA) is 224 Å². The van der Waals surface area contributed by atoms with Crippen LogP contribution < -0.4 is 21.7 Å². The van der Waals surface area contributed by atoms with Crippen LogP contribution in [0.4, 0.5) is 0 Å². The number of aliphatic hydroxyl groups is 1. The molecule has 208 valence electrons. The predicted molar refractivity (Wildman–Crippen MR) is 140 cm³/mol. The average molecular weight is 552 g/mol. The lowest BCUT2D eigenvalue weighted by molar-refractivity contribution is -0.144. The number of thioether (sulfide) groups is 1. The van der Waals surface area contributed by atoms with Crippen molar-refractivity contribution in [3.8, 4) is 0 Å². The normalized spacial score (nSPS) is 14.2. The maximum atomic E-state index is 13.4. The van der Waals surface area contributed by atoms with Crippen LogP contribution in [0.2, 0.25) is 0 Å². The Balaban J connectivity index is 2.29. The summed E-state index contributed by atoms with van der Waals surface area (Å²) in [6.07, 6.45) is 3.10. The summed E-state index contributed by atoms with van der Waals surface area (Å²) < 4.78 is 0. The summed E-state index contributed by atoms with van der Waals surface area (Å²) in [5.74, 6) is -4.47. The summed E-state index contributed by atoms with van der Waals surface area (Å²) in [4.78, 5) is 64.3. The van der Waals surface area contributed by atoms with Crippen molar-refractivity contribution < 1.29 is 39.3 Å². The predicted octanol–water partition coefficient (Wildman–Crippen LogP) is -0.813. The maximum Gasteiger partial charge on any atom is 0.328 e. The average Bonchev–Trinajstić information content (AvgIpc) is 3.29. The fourth-order valence-corrected chi connectivity index (χ4v) is 4.14. The number of benzene rings is 1. The zero-order valence-electron chi connectivity index (χ0n) is 20.8. The molecular weight excluding hydrogens is 518 g/mol. The number of rotatable bonds is 16. The van der Waals surface area contributed by atoms with Gasteiger partial charge in [0, 0.05) is 29.9 Å². The molecule has 0 aliphatic rings. The van der Waals surface area contributed by atoms with Gasteiger partial charge in [-0.15, -0.1) is 0 Å². The van der Waals surface area contributed by atoms with Gasteiger partial charge in [0.2, 0.25) is 17.7 Å².